The van der Waals surface area contributed by atoms with Crippen molar-refractivity contribution >= 4 is 0 Å². The fourth-order valence-corrected chi connectivity index (χ4v) is 2.58. The van der Waals surface area contributed by atoms with Gasteiger partial charge in [-0.15, -0.1) is 0 Å². The van der Waals surface area contributed by atoms with Crippen LogP contribution in [-0.2, 0) is 5.41 Å². The summed E-state index contributed by atoms with van der Waals surface area (Å²) in [7, 11) is 0. The van der Waals surface area contributed by atoms with Crippen molar-refractivity contribution in [2.45, 2.75) is 32.1 Å². The lowest BCUT2D eigenvalue weighted by molar-refractivity contribution is 0.251. The van der Waals surface area contributed by atoms with Crippen LogP contribution in [0.3, 0.4) is 0 Å². The molecule has 1 aliphatic rings. The van der Waals surface area contributed by atoms with Gasteiger partial charge >= 0.3 is 0 Å². The van der Waals surface area contributed by atoms with Crippen LogP contribution in [0.4, 0.5) is 4.39 Å². The average molecular weight is 221 g/mol. The Kier molecular flexibility index (Phi) is 3.29. The first-order valence-electron chi connectivity index (χ1n) is 6.07. The van der Waals surface area contributed by atoms with Crippen molar-refractivity contribution in [3.8, 4) is 0 Å². The molecule has 0 saturated carbocycles. The van der Waals surface area contributed by atoms with Gasteiger partial charge in [0, 0.05) is 0 Å². The van der Waals surface area contributed by atoms with Gasteiger partial charge in [-0.1, -0.05) is 26.0 Å². The number of rotatable bonds is 2. The van der Waals surface area contributed by atoms with Crippen molar-refractivity contribution in [3.05, 3.63) is 35.6 Å². The highest BCUT2D eigenvalue weighted by Crippen LogP contribution is 2.35. The second kappa shape index (κ2) is 4.54. The van der Waals surface area contributed by atoms with E-state index in [0.717, 1.165) is 13.1 Å². The Morgan fingerprint density at radius 2 is 1.94 bits per heavy atom. The van der Waals surface area contributed by atoms with Crippen LogP contribution in [0.5, 0.6) is 0 Å². The predicted molar refractivity (Wildman–Crippen MR) is 65.0 cm³/mol. The van der Waals surface area contributed by atoms with Gasteiger partial charge in [0.1, 0.15) is 5.82 Å². The van der Waals surface area contributed by atoms with E-state index in [1.807, 2.05) is 12.1 Å². The smallest absolute Gasteiger partial charge is 0.123 e. The molecule has 0 aliphatic carbocycles. The van der Waals surface area contributed by atoms with Crippen LogP contribution < -0.4 is 5.32 Å². The van der Waals surface area contributed by atoms with E-state index in [2.05, 4.69) is 19.2 Å². The lowest BCUT2D eigenvalue weighted by Gasteiger charge is -2.37. The molecule has 1 aromatic rings. The minimum Gasteiger partial charge on any atom is -0.316 e. The Hall–Kier alpha value is -0.890. The van der Waals surface area contributed by atoms with E-state index in [4.69, 9.17) is 0 Å². The molecule has 88 valence electrons. The SMILES string of the molecule is CC(C)(c1ccc(F)cc1)C1CCCNC1. The molecule has 1 unspecified atom stereocenters. The summed E-state index contributed by atoms with van der Waals surface area (Å²) in [5.41, 5.74) is 1.36. The molecule has 0 amide bonds. The molecule has 1 aliphatic heterocycles. The van der Waals surface area contributed by atoms with Crippen LogP contribution in [0.2, 0.25) is 0 Å². The number of hydrogen-bond acceptors (Lipinski definition) is 1. The molecule has 1 heterocycles. The first-order valence-corrected chi connectivity index (χ1v) is 6.07. The lowest BCUT2D eigenvalue weighted by Crippen LogP contribution is -2.40. The average Bonchev–Trinajstić information content (AvgIpc) is 2.31. The summed E-state index contributed by atoms with van der Waals surface area (Å²) in [6.45, 7) is 6.73. The Balaban J connectivity index is 2.19. The zero-order chi connectivity index (χ0) is 11.6. The molecule has 1 aromatic carbocycles. The van der Waals surface area contributed by atoms with Gasteiger partial charge < -0.3 is 5.32 Å². The fourth-order valence-electron chi connectivity index (χ4n) is 2.58. The summed E-state index contributed by atoms with van der Waals surface area (Å²) in [5, 5.41) is 3.45. The quantitative estimate of drug-likeness (QED) is 0.809. The molecule has 2 heteroatoms. The third-order valence-electron chi connectivity index (χ3n) is 3.91. The monoisotopic (exact) mass is 221 g/mol. The highest BCUT2D eigenvalue weighted by Gasteiger charge is 2.31. The number of benzene rings is 1. The van der Waals surface area contributed by atoms with Crippen molar-refractivity contribution in [3.63, 3.8) is 0 Å². The standard InChI is InChI=1S/C14H20FN/c1-14(2,12-4-3-9-16-10-12)11-5-7-13(15)8-6-11/h5-8,12,16H,3-4,9-10H2,1-2H3. The third-order valence-corrected chi connectivity index (χ3v) is 3.91. The molecule has 2 rings (SSSR count). The van der Waals surface area contributed by atoms with Gasteiger partial charge in [0.25, 0.3) is 0 Å². The number of halogens is 1. The number of hydrogen-bond donors (Lipinski definition) is 1. The summed E-state index contributed by atoms with van der Waals surface area (Å²) in [4.78, 5) is 0. The molecule has 16 heavy (non-hydrogen) atoms. The van der Waals surface area contributed by atoms with E-state index in [9.17, 15) is 4.39 Å². The lowest BCUT2D eigenvalue weighted by atomic mass is 9.70. The predicted octanol–water partition coefficient (Wildman–Crippen LogP) is 3.10. The van der Waals surface area contributed by atoms with Crippen LogP contribution in [0.1, 0.15) is 32.3 Å². The van der Waals surface area contributed by atoms with E-state index in [1.165, 1.54) is 18.4 Å². The van der Waals surface area contributed by atoms with E-state index in [1.54, 1.807) is 12.1 Å². The molecule has 0 bridgehead atoms. The van der Waals surface area contributed by atoms with Gasteiger partial charge in [-0.05, 0) is 55.0 Å². The van der Waals surface area contributed by atoms with Crippen LogP contribution >= 0.6 is 0 Å². The van der Waals surface area contributed by atoms with Gasteiger partial charge in [0.05, 0.1) is 0 Å². The van der Waals surface area contributed by atoms with Crippen molar-refractivity contribution in [1.82, 2.24) is 5.32 Å². The van der Waals surface area contributed by atoms with Crippen molar-refractivity contribution in [2.75, 3.05) is 13.1 Å². The van der Waals surface area contributed by atoms with Gasteiger partial charge in [0.15, 0.2) is 0 Å². The maximum Gasteiger partial charge on any atom is 0.123 e. The van der Waals surface area contributed by atoms with Crippen LogP contribution in [-0.4, -0.2) is 13.1 Å². The van der Waals surface area contributed by atoms with Gasteiger partial charge in [-0.3, -0.25) is 0 Å². The Bertz CT molecular complexity index is 336. The Morgan fingerprint density at radius 1 is 1.25 bits per heavy atom. The van der Waals surface area contributed by atoms with E-state index < -0.39 is 0 Å². The molecular formula is C14H20FN. The first-order chi connectivity index (χ1) is 7.60. The summed E-state index contributed by atoms with van der Waals surface area (Å²) in [6.07, 6.45) is 2.51. The Morgan fingerprint density at radius 3 is 2.50 bits per heavy atom. The fraction of sp³-hybridized carbons (Fsp3) is 0.571. The van der Waals surface area contributed by atoms with Gasteiger partial charge in [-0.2, -0.15) is 0 Å². The zero-order valence-electron chi connectivity index (χ0n) is 10.1. The summed E-state index contributed by atoms with van der Waals surface area (Å²) in [6, 6.07) is 6.97. The highest BCUT2D eigenvalue weighted by molar-refractivity contribution is 5.25. The largest absolute Gasteiger partial charge is 0.316 e. The van der Waals surface area contributed by atoms with Crippen molar-refractivity contribution in [2.24, 2.45) is 5.92 Å². The van der Waals surface area contributed by atoms with Gasteiger partial charge in [0.2, 0.25) is 0 Å². The third kappa shape index (κ3) is 2.27. The highest BCUT2D eigenvalue weighted by atomic mass is 19.1. The first kappa shape index (κ1) is 11.6. The molecule has 1 nitrogen and oxygen atoms in total. The summed E-state index contributed by atoms with van der Waals surface area (Å²) in [5.74, 6) is 0.494. The summed E-state index contributed by atoms with van der Waals surface area (Å²) < 4.78 is 12.9. The molecule has 0 radical (unpaired) electrons. The van der Waals surface area contributed by atoms with Crippen LogP contribution in [0.25, 0.3) is 0 Å². The van der Waals surface area contributed by atoms with E-state index in [-0.39, 0.29) is 11.2 Å². The maximum atomic E-state index is 12.9. The molecule has 1 N–H and O–H groups in total. The molecule has 1 saturated heterocycles. The minimum absolute atomic E-state index is 0.126. The Labute approximate surface area is 97.1 Å². The molecule has 0 spiro atoms. The zero-order valence-corrected chi connectivity index (χ0v) is 10.1. The van der Waals surface area contributed by atoms with Crippen LogP contribution in [0.15, 0.2) is 24.3 Å². The van der Waals surface area contributed by atoms with Crippen molar-refractivity contribution < 1.29 is 4.39 Å². The maximum absolute atomic E-state index is 12.9. The molecule has 1 fully saturated rings. The molecular weight excluding hydrogens is 201 g/mol. The minimum atomic E-state index is -0.152. The molecule has 0 aromatic heterocycles. The molecule has 1 atom stereocenters. The van der Waals surface area contributed by atoms with Crippen LogP contribution in [0, 0.1) is 11.7 Å². The topological polar surface area (TPSA) is 12.0 Å². The van der Waals surface area contributed by atoms with E-state index in [0.29, 0.717) is 5.92 Å². The number of piperidine rings is 1. The summed E-state index contributed by atoms with van der Waals surface area (Å²) >= 11 is 0. The second-order valence-electron chi connectivity index (χ2n) is 5.27. The van der Waals surface area contributed by atoms with Crippen molar-refractivity contribution in [1.29, 1.82) is 0 Å². The van der Waals surface area contributed by atoms with E-state index >= 15 is 0 Å². The normalized spacial score (nSPS) is 22.1. The second-order valence-corrected chi connectivity index (χ2v) is 5.27. The van der Waals surface area contributed by atoms with Gasteiger partial charge in [-0.25, -0.2) is 4.39 Å². The number of nitrogens with one attached hydrogen (secondary N) is 1.